The molecule has 1 aliphatic carbocycles. The average molecular weight is 287 g/mol. The summed E-state index contributed by atoms with van der Waals surface area (Å²) >= 11 is 3.58. The van der Waals surface area contributed by atoms with Gasteiger partial charge in [-0.1, -0.05) is 41.3 Å². The van der Waals surface area contributed by atoms with Gasteiger partial charge in [0.2, 0.25) is 0 Å². The van der Waals surface area contributed by atoms with Crippen LogP contribution in [0.15, 0.2) is 18.2 Å². The normalized spacial score (nSPS) is 17.9. The van der Waals surface area contributed by atoms with Gasteiger partial charge < -0.3 is 4.74 Å². The molecule has 0 N–H and O–H groups in total. The number of ether oxygens (including phenoxy) is 1. The summed E-state index contributed by atoms with van der Waals surface area (Å²) in [6.45, 7) is 0. The molecule has 1 saturated carbocycles. The smallest absolute Gasteiger partial charge is 0.131 e. The van der Waals surface area contributed by atoms with Gasteiger partial charge in [-0.2, -0.15) is 0 Å². The minimum atomic E-state index is -0.180. The van der Waals surface area contributed by atoms with E-state index in [1.807, 2.05) is 12.1 Å². The first-order valence-electron chi connectivity index (χ1n) is 5.68. The molecule has 0 spiro atoms. The van der Waals surface area contributed by atoms with Crippen LogP contribution in [0.3, 0.4) is 0 Å². The van der Waals surface area contributed by atoms with Gasteiger partial charge in [-0.15, -0.1) is 0 Å². The SMILES string of the molecule is COc1ccc(C(Br)CC2CCC2)c(F)c1. The zero-order valence-corrected chi connectivity index (χ0v) is 11.0. The molecule has 1 nitrogen and oxygen atoms in total. The van der Waals surface area contributed by atoms with Gasteiger partial charge in [-0.3, -0.25) is 0 Å². The van der Waals surface area contributed by atoms with Crippen LogP contribution < -0.4 is 4.74 Å². The van der Waals surface area contributed by atoms with E-state index in [-0.39, 0.29) is 10.6 Å². The van der Waals surface area contributed by atoms with E-state index in [0.29, 0.717) is 5.75 Å². The van der Waals surface area contributed by atoms with Gasteiger partial charge in [0.15, 0.2) is 0 Å². The molecule has 3 heteroatoms. The number of rotatable bonds is 4. The van der Waals surface area contributed by atoms with E-state index in [2.05, 4.69) is 15.9 Å². The minimum Gasteiger partial charge on any atom is -0.497 e. The Kier molecular flexibility index (Phi) is 3.85. The standard InChI is InChI=1S/C13H16BrFO/c1-16-10-5-6-11(13(15)8-10)12(14)7-9-3-2-4-9/h5-6,8-9,12H,2-4,7H2,1H3. The third-order valence-corrected chi connectivity index (χ3v) is 4.18. The van der Waals surface area contributed by atoms with Gasteiger partial charge >= 0.3 is 0 Å². The lowest BCUT2D eigenvalue weighted by Crippen LogP contribution is -2.13. The van der Waals surface area contributed by atoms with Crippen LogP contribution in [0.1, 0.15) is 36.1 Å². The van der Waals surface area contributed by atoms with Crippen molar-refractivity contribution in [2.45, 2.75) is 30.5 Å². The van der Waals surface area contributed by atoms with Crippen LogP contribution in [0.4, 0.5) is 4.39 Å². The summed E-state index contributed by atoms with van der Waals surface area (Å²) in [6, 6.07) is 5.07. The van der Waals surface area contributed by atoms with E-state index in [1.54, 1.807) is 7.11 Å². The average Bonchev–Trinajstić information content (AvgIpc) is 2.23. The number of benzene rings is 1. The molecule has 0 heterocycles. The summed E-state index contributed by atoms with van der Waals surface area (Å²) in [7, 11) is 1.55. The van der Waals surface area contributed by atoms with Crippen LogP contribution in [0.2, 0.25) is 0 Å². The topological polar surface area (TPSA) is 9.23 Å². The molecule has 0 amide bonds. The Morgan fingerprint density at radius 1 is 1.50 bits per heavy atom. The number of alkyl halides is 1. The molecule has 0 bridgehead atoms. The first-order valence-corrected chi connectivity index (χ1v) is 6.59. The van der Waals surface area contributed by atoms with Crippen LogP contribution in [0, 0.1) is 11.7 Å². The number of halogens is 2. The number of methoxy groups -OCH3 is 1. The lowest BCUT2D eigenvalue weighted by Gasteiger charge is -2.27. The van der Waals surface area contributed by atoms with E-state index in [4.69, 9.17) is 4.74 Å². The van der Waals surface area contributed by atoms with Gasteiger partial charge in [0.25, 0.3) is 0 Å². The van der Waals surface area contributed by atoms with Crippen molar-refractivity contribution in [2.75, 3.05) is 7.11 Å². The van der Waals surface area contributed by atoms with Crippen LogP contribution >= 0.6 is 15.9 Å². The van der Waals surface area contributed by atoms with Gasteiger partial charge in [0, 0.05) is 16.5 Å². The summed E-state index contributed by atoms with van der Waals surface area (Å²) < 4.78 is 18.7. The fourth-order valence-corrected chi connectivity index (χ4v) is 2.94. The van der Waals surface area contributed by atoms with Crippen molar-refractivity contribution in [3.63, 3.8) is 0 Å². The lowest BCUT2D eigenvalue weighted by atomic mass is 9.81. The monoisotopic (exact) mass is 286 g/mol. The van der Waals surface area contributed by atoms with Crippen molar-refractivity contribution < 1.29 is 9.13 Å². The van der Waals surface area contributed by atoms with Gasteiger partial charge in [0.05, 0.1) is 7.11 Å². The lowest BCUT2D eigenvalue weighted by molar-refractivity contribution is 0.294. The van der Waals surface area contributed by atoms with Crippen molar-refractivity contribution >= 4 is 15.9 Å². The highest BCUT2D eigenvalue weighted by Crippen LogP contribution is 2.39. The predicted molar refractivity (Wildman–Crippen MR) is 66.6 cm³/mol. The van der Waals surface area contributed by atoms with E-state index < -0.39 is 0 Å². The molecule has 1 aromatic rings. The van der Waals surface area contributed by atoms with Crippen LogP contribution in [-0.2, 0) is 0 Å². The van der Waals surface area contributed by atoms with Crippen LogP contribution in [-0.4, -0.2) is 7.11 Å². The zero-order chi connectivity index (χ0) is 11.5. The fraction of sp³-hybridized carbons (Fsp3) is 0.538. The summed E-state index contributed by atoms with van der Waals surface area (Å²) in [5, 5.41) is 0. The second kappa shape index (κ2) is 5.17. The third kappa shape index (κ3) is 2.57. The molecular formula is C13H16BrFO. The molecular weight excluding hydrogens is 271 g/mol. The summed E-state index contributed by atoms with van der Waals surface area (Å²) in [5.41, 5.74) is 0.743. The molecule has 1 unspecified atom stereocenters. The highest BCUT2D eigenvalue weighted by Gasteiger charge is 2.23. The van der Waals surface area contributed by atoms with Gasteiger partial charge in [-0.25, -0.2) is 4.39 Å². The van der Waals surface area contributed by atoms with E-state index >= 15 is 0 Å². The first kappa shape index (κ1) is 11.9. The molecule has 1 atom stereocenters. The maximum absolute atomic E-state index is 13.7. The van der Waals surface area contributed by atoms with Crippen molar-refractivity contribution in [1.82, 2.24) is 0 Å². The molecule has 1 fully saturated rings. The zero-order valence-electron chi connectivity index (χ0n) is 9.38. The van der Waals surface area contributed by atoms with Crippen molar-refractivity contribution in [3.05, 3.63) is 29.6 Å². The highest BCUT2D eigenvalue weighted by atomic mass is 79.9. The molecule has 0 aliphatic heterocycles. The number of hydrogen-bond donors (Lipinski definition) is 0. The molecule has 0 aromatic heterocycles. The molecule has 16 heavy (non-hydrogen) atoms. The first-order chi connectivity index (χ1) is 7.70. The molecule has 1 aliphatic rings. The van der Waals surface area contributed by atoms with Gasteiger partial charge in [-0.05, 0) is 18.4 Å². The Labute approximate surface area is 104 Å². The molecule has 0 radical (unpaired) electrons. The summed E-state index contributed by atoms with van der Waals surface area (Å²) in [5.74, 6) is 1.16. The van der Waals surface area contributed by atoms with Crippen molar-refractivity contribution in [2.24, 2.45) is 5.92 Å². The molecule has 2 rings (SSSR count). The van der Waals surface area contributed by atoms with E-state index in [9.17, 15) is 4.39 Å². The highest BCUT2D eigenvalue weighted by molar-refractivity contribution is 9.09. The Morgan fingerprint density at radius 2 is 2.25 bits per heavy atom. The maximum Gasteiger partial charge on any atom is 0.131 e. The number of hydrogen-bond acceptors (Lipinski definition) is 1. The summed E-state index contributed by atoms with van der Waals surface area (Å²) in [6.07, 6.45) is 4.94. The van der Waals surface area contributed by atoms with E-state index in [0.717, 1.165) is 17.9 Å². The summed E-state index contributed by atoms with van der Waals surface area (Å²) in [4.78, 5) is 0.128. The van der Waals surface area contributed by atoms with Crippen LogP contribution in [0.5, 0.6) is 5.75 Å². The minimum absolute atomic E-state index is 0.128. The van der Waals surface area contributed by atoms with Gasteiger partial charge in [0.1, 0.15) is 11.6 Å². The Morgan fingerprint density at radius 3 is 2.75 bits per heavy atom. The van der Waals surface area contributed by atoms with Crippen molar-refractivity contribution in [3.8, 4) is 5.75 Å². The quantitative estimate of drug-likeness (QED) is 0.743. The third-order valence-electron chi connectivity index (χ3n) is 3.31. The van der Waals surface area contributed by atoms with Crippen LogP contribution in [0.25, 0.3) is 0 Å². The largest absolute Gasteiger partial charge is 0.497 e. The second-order valence-corrected chi connectivity index (χ2v) is 5.49. The Bertz CT molecular complexity index is 363. The Hall–Kier alpha value is -0.570. The Balaban J connectivity index is 2.06. The molecule has 1 aromatic carbocycles. The van der Waals surface area contributed by atoms with E-state index in [1.165, 1.54) is 25.3 Å². The predicted octanol–water partition coefficient (Wildman–Crippen LogP) is 4.46. The maximum atomic E-state index is 13.7. The second-order valence-electron chi connectivity index (χ2n) is 4.39. The van der Waals surface area contributed by atoms with Crippen molar-refractivity contribution in [1.29, 1.82) is 0 Å². The molecule has 0 saturated heterocycles. The fourth-order valence-electron chi connectivity index (χ4n) is 2.04. The molecule has 88 valence electrons.